The molecular weight excluding hydrogens is 387 g/mol. The van der Waals surface area contributed by atoms with Gasteiger partial charge in [-0.15, -0.1) is 0 Å². The fourth-order valence-corrected chi connectivity index (χ4v) is 2.50. The van der Waals surface area contributed by atoms with Gasteiger partial charge in [-0.3, -0.25) is 9.59 Å². The molecule has 1 atom stereocenters. The molecule has 0 bridgehead atoms. The lowest BCUT2D eigenvalue weighted by Gasteiger charge is -2.20. The van der Waals surface area contributed by atoms with Crippen molar-refractivity contribution in [2.45, 2.75) is 19.9 Å². The van der Waals surface area contributed by atoms with E-state index in [4.69, 9.17) is 16.3 Å². The second kappa shape index (κ2) is 9.85. The van der Waals surface area contributed by atoms with Crippen molar-refractivity contribution in [3.63, 3.8) is 0 Å². The molecule has 148 valence electrons. The summed E-state index contributed by atoms with van der Waals surface area (Å²) < 4.78 is 18.0. The number of benzene rings is 2. The highest BCUT2D eigenvalue weighted by molar-refractivity contribution is 6.30. The first-order valence-corrected chi connectivity index (χ1v) is 8.92. The van der Waals surface area contributed by atoms with E-state index in [1.807, 2.05) is 0 Å². The van der Waals surface area contributed by atoms with E-state index in [9.17, 15) is 18.8 Å². The zero-order chi connectivity index (χ0) is 20.7. The number of amides is 2. The van der Waals surface area contributed by atoms with E-state index >= 15 is 0 Å². The van der Waals surface area contributed by atoms with E-state index in [1.54, 1.807) is 38.1 Å². The molecule has 0 aliphatic carbocycles. The predicted molar refractivity (Wildman–Crippen MR) is 104 cm³/mol. The van der Waals surface area contributed by atoms with Gasteiger partial charge < -0.3 is 15.4 Å². The van der Waals surface area contributed by atoms with Crippen LogP contribution < -0.4 is 10.6 Å². The first-order valence-electron chi connectivity index (χ1n) is 8.54. The average molecular weight is 407 g/mol. The average Bonchev–Trinajstić information content (AvgIpc) is 2.64. The minimum Gasteiger partial charge on any atom is -0.454 e. The van der Waals surface area contributed by atoms with Crippen molar-refractivity contribution in [2.75, 3.05) is 11.9 Å². The summed E-state index contributed by atoms with van der Waals surface area (Å²) >= 11 is 5.84. The standard InChI is InChI=1S/C20H20ClFN2O4/c1-12(2)18(24-19(26)13-6-8-15(22)9-7-13)20(27)28-11-17(25)23-16-5-3-4-14(21)10-16/h3-10,12,18H,11H2,1-2H3,(H,23,25)(H,24,26)/t18-/m0/s1. The predicted octanol–water partition coefficient (Wildman–Crippen LogP) is 3.42. The van der Waals surface area contributed by atoms with Gasteiger partial charge in [0.15, 0.2) is 6.61 Å². The van der Waals surface area contributed by atoms with Crippen LogP contribution in [-0.4, -0.2) is 30.4 Å². The van der Waals surface area contributed by atoms with Gasteiger partial charge in [0.2, 0.25) is 0 Å². The summed E-state index contributed by atoms with van der Waals surface area (Å²) in [6.07, 6.45) is 0. The van der Waals surface area contributed by atoms with Crippen LogP contribution in [0.4, 0.5) is 10.1 Å². The Labute approximate surface area is 167 Å². The van der Waals surface area contributed by atoms with E-state index in [0.717, 1.165) is 12.1 Å². The fraction of sp³-hybridized carbons (Fsp3) is 0.250. The maximum Gasteiger partial charge on any atom is 0.329 e. The molecule has 0 radical (unpaired) electrons. The molecule has 0 spiro atoms. The van der Waals surface area contributed by atoms with Crippen molar-refractivity contribution in [2.24, 2.45) is 5.92 Å². The molecule has 0 unspecified atom stereocenters. The maximum atomic E-state index is 13.0. The Morgan fingerprint density at radius 1 is 1.11 bits per heavy atom. The Morgan fingerprint density at radius 3 is 2.39 bits per heavy atom. The number of carbonyl (C=O) groups excluding carboxylic acids is 3. The van der Waals surface area contributed by atoms with Crippen LogP contribution in [0.15, 0.2) is 48.5 Å². The van der Waals surface area contributed by atoms with Gasteiger partial charge in [-0.25, -0.2) is 9.18 Å². The Balaban J connectivity index is 1.92. The van der Waals surface area contributed by atoms with Crippen LogP contribution in [-0.2, 0) is 14.3 Å². The quantitative estimate of drug-likeness (QED) is 0.690. The number of halogens is 2. The molecule has 0 aromatic heterocycles. The molecule has 2 amide bonds. The van der Waals surface area contributed by atoms with Gasteiger partial charge in [0, 0.05) is 16.3 Å². The van der Waals surface area contributed by atoms with Gasteiger partial charge >= 0.3 is 5.97 Å². The Morgan fingerprint density at radius 2 is 1.79 bits per heavy atom. The SMILES string of the molecule is CC(C)[C@H](NC(=O)c1ccc(F)cc1)C(=O)OCC(=O)Nc1cccc(Cl)c1. The number of esters is 1. The van der Waals surface area contributed by atoms with E-state index < -0.39 is 36.2 Å². The van der Waals surface area contributed by atoms with Gasteiger partial charge in [-0.2, -0.15) is 0 Å². The molecule has 2 aromatic carbocycles. The molecule has 0 aliphatic rings. The summed E-state index contributed by atoms with van der Waals surface area (Å²) in [6.45, 7) is 2.94. The Kier molecular flexibility index (Phi) is 7.52. The van der Waals surface area contributed by atoms with Crippen LogP contribution in [0, 0.1) is 11.7 Å². The Hall–Kier alpha value is -2.93. The zero-order valence-electron chi connectivity index (χ0n) is 15.4. The maximum absolute atomic E-state index is 13.0. The number of hydrogen-bond donors (Lipinski definition) is 2. The summed E-state index contributed by atoms with van der Waals surface area (Å²) in [5, 5.41) is 5.56. The lowest BCUT2D eigenvalue weighted by atomic mass is 10.0. The van der Waals surface area contributed by atoms with Gasteiger partial charge in [-0.1, -0.05) is 31.5 Å². The third-order valence-electron chi connectivity index (χ3n) is 3.77. The van der Waals surface area contributed by atoms with Crippen molar-refractivity contribution >= 4 is 35.1 Å². The first kappa shape index (κ1) is 21.4. The highest BCUT2D eigenvalue weighted by atomic mass is 35.5. The van der Waals surface area contributed by atoms with Gasteiger partial charge in [-0.05, 0) is 48.4 Å². The fourth-order valence-electron chi connectivity index (χ4n) is 2.31. The van der Waals surface area contributed by atoms with Crippen LogP contribution in [0.25, 0.3) is 0 Å². The highest BCUT2D eigenvalue weighted by Crippen LogP contribution is 2.15. The minimum absolute atomic E-state index is 0.207. The molecule has 2 aromatic rings. The van der Waals surface area contributed by atoms with Gasteiger partial charge in [0.25, 0.3) is 11.8 Å². The summed E-state index contributed by atoms with van der Waals surface area (Å²) in [4.78, 5) is 36.5. The van der Waals surface area contributed by atoms with Crippen molar-refractivity contribution in [1.29, 1.82) is 0 Å². The zero-order valence-corrected chi connectivity index (χ0v) is 16.1. The minimum atomic E-state index is -0.962. The molecule has 0 heterocycles. The molecular formula is C20H20ClFN2O4. The molecule has 6 nitrogen and oxygen atoms in total. The number of nitrogens with one attached hydrogen (secondary N) is 2. The molecule has 0 aliphatic heterocycles. The lowest BCUT2D eigenvalue weighted by molar-refractivity contribution is -0.150. The van der Waals surface area contributed by atoms with Crippen LogP contribution >= 0.6 is 11.6 Å². The largest absolute Gasteiger partial charge is 0.454 e. The van der Waals surface area contributed by atoms with Crippen molar-refractivity contribution in [1.82, 2.24) is 5.32 Å². The van der Waals surface area contributed by atoms with E-state index in [-0.39, 0.29) is 11.5 Å². The molecule has 0 saturated heterocycles. The molecule has 2 rings (SSSR count). The van der Waals surface area contributed by atoms with Gasteiger partial charge in [0.1, 0.15) is 11.9 Å². The first-order chi connectivity index (χ1) is 13.3. The van der Waals surface area contributed by atoms with Crippen LogP contribution in [0.5, 0.6) is 0 Å². The lowest BCUT2D eigenvalue weighted by Crippen LogP contribution is -2.45. The normalized spacial score (nSPS) is 11.6. The number of anilines is 1. The van der Waals surface area contributed by atoms with Crippen molar-refractivity contribution < 1.29 is 23.5 Å². The van der Waals surface area contributed by atoms with Crippen LogP contribution in [0.1, 0.15) is 24.2 Å². The molecule has 0 saturated carbocycles. The third-order valence-corrected chi connectivity index (χ3v) is 4.00. The van der Waals surface area contributed by atoms with E-state index in [2.05, 4.69) is 10.6 Å². The van der Waals surface area contributed by atoms with Crippen molar-refractivity contribution in [3.05, 3.63) is 64.9 Å². The van der Waals surface area contributed by atoms with Crippen molar-refractivity contribution in [3.8, 4) is 0 Å². The highest BCUT2D eigenvalue weighted by Gasteiger charge is 2.26. The second-order valence-corrected chi connectivity index (χ2v) is 6.80. The molecule has 28 heavy (non-hydrogen) atoms. The number of carbonyl (C=O) groups is 3. The van der Waals surface area contributed by atoms with E-state index in [1.165, 1.54) is 12.1 Å². The summed E-state index contributed by atoms with van der Waals surface area (Å²) in [5.41, 5.74) is 0.678. The molecule has 8 heteroatoms. The van der Waals surface area contributed by atoms with E-state index in [0.29, 0.717) is 10.7 Å². The summed E-state index contributed by atoms with van der Waals surface area (Å²) in [6, 6.07) is 10.5. The number of hydrogen-bond acceptors (Lipinski definition) is 4. The summed E-state index contributed by atoms with van der Waals surface area (Å²) in [5.74, 6) is -2.58. The number of rotatable bonds is 7. The monoisotopic (exact) mass is 406 g/mol. The second-order valence-electron chi connectivity index (χ2n) is 6.37. The van der Waals surface area contributed by atoms with Gasteiger partial charge in [0.05, 0.1) is 0 Å². The third kappa shape index (κ3) is 6.35. The molecule has 2 N–H and O–H groups in total. The number of ether oxygens (including phenoxy) is 1. The topological polar surface area (TPSA) is 84.5 Å². The summed E-state index contributed by atoms with van der Waals surface area (Å²) in [7, 11) is 0. The van der Waals surface area contributed by atoms with Crippen LogP contribution in [0.3, 0.4) is 0 Å². The van der Waals surface area contributed by atoms with Crippen LogP contribution in [0.2, 0.25) is 5.02 Å². The molecule has 0 fully saturated rings. The smallest absolute Gasteiger partial charge is 0.329 e. The Bertz CT molecular complexity index is 856.